The van der Waals surface area contributed by atoms with Gasteiger partial charge in [0.2, 0.25) is 5.91 Å². The number of aromatic nitrogens is 2. The van der Waals surface area contributed by atoms with Gasteiger partial charge in [-0.15, -0.1) is 0 Å². The molecule has 2 aromatic rings. The number of likely N-dealkylation sites (N-methyl/N-ethyl adjacent to an activating group) is 1. The van der Waals surface area contributed by atoms with E-state index in [9.17, 15) is 9.59 Å². The van der Waals surface area contributed by atoms with Gasteiger partial charge >= 0.3 is 6.03 Å². The van der Waals surface area contributed by atoms with Gasteiger partial charge in [-0.25, -0.2) is 4.79 Å². The van der Waals surface area contributed by atoms with Crippen LogP contribution in [0.4, 0.5) is 16.2 Å². The van der Waals surface area contributed by atoms with Crippen LogP contribution in [0.15, 0.2) is 36.7 Å². The third-order valence-electron chi connectivity index (χ3n) is 4.11. The van der Waals surface area contributed by atoms with E-state index in [2.05, 4.69) is 21.0 Å². The van der Waals surface area contributed by atoms with E-state index in [0.717, 1.165) is 17.7 Å². The number of aryl methyl sites for hydroxylation is 1. The highest BCUT2D eigenvalue weighted by atomic mass is 16.2. The zero-order valence-corrected chi connectivity index (χ0v) is 14.3. The number of amides is 3. The number of nitrogens with zero attached hydrogens (tertiary/aromatic N) is 3. The van der Waals surface area contributed by atoms with E-state index in [4.69, 9.17) is 0 Å². The molecule has 1 fully saturated rings. The number of rotatable bonds is 5. The van der Waals surface area contributed by atoms with Crippen LogP contribution >= 0.6 is 0 Å². The van der Waals surface area contributed by atoms with E-state index in [0.29, 0.717) is 18.8 Å². The Morgan fingerprint density at radius 2 is 2.24 bits per heavy atom. The predicted molar refractivity (Wildman–Crippen MR) is 95.4 cm³/mol. The molecular formula is C17H22N6O2. The number of carbonyl (C=O) groups is 2. The number of hydrogen-bond acceptors (Lipinski definition) is 4. The molecule has 3 N–H and O–H groups in total. The Labute approximate surface area is 146 Å². The van der Waals surface area contributed by atoms with Gasteiger partial charge < -0.3 is 16.0 Å². The molecule has 8 heteroatoms. The molecule has 2 heterocycles. The standard InChI is InChI=1S/C17H22N6O2/c1-18-15(12-10-20-22(2)11-12)16(24)21-13-5-3-6-14(9-13)23-8-4-7-19-17(23)25/h3,5-6,9-11,15,18H,4,7-8H2,1-2H3,(H,19,25)(H,21,24). The lowest BCUT2D eigenvalue weighted by molar-refractivity contribution is -0.118. The quantitative estimate of drug-likeness (QED) is 0.762. The van der Waals surface area contributed by atoms with Gasteiger partial charge in [0.15, 0.2) is 0 Å². The molecule has 1 aliphatic heterocycles. The summed E-state index contributed by atoms with van der Waals surface area (Å²) in [5.41, 5.74) is 2.19. The lowest BCUT2D eigenvalue weighted by Crippen LogP contribution is -2.46. The van der Waals surface area contributed by atoms with E-state index in [1.807, 2.05) is 12.1 Å². The lowest BCUT2D eigenvalue weighted by atomic mass is 10.1. The molecule has 8 nitrogen and oxygen atoms in total. The van der Waals surface area contributed by atoms with Gasteiger partial charge in [-0.1, -0.05) is 6.07 Å². The maximum atomic E-state index is 12.6. The van der Waals surface area contributed by atoms with Crippen LogP contribution in [0.2, 0.25) is 0 Å². The Morgan fingerprint density at radius 3 is 2.92 bits per heavy atom. The summed E-state index contributed by atoms with van der Waals surface area (Å²) in [5, 5.41) is 12.8. The van der Waals surface area contributed by atoms with E-state index in [-0.39, 0.29) is 11.9 Å². The molecule has 0 bridgehead atoms. The summed E-state index contributed by atoms with van der Waals surface area (Å²) in [4.78, 5) is 26.3. The number of nitrogens with one attached hydrogen (secondary N) is 3. The number of benzene rings is 1. The molecular weight excluding hydrogens is 320 g/mol. The minimum absolute atomic E-state index is 0.113. The molecule has 1 saturated heterocycles. The monoisotopic (exact) mass is 342 g/mol. The Hall–Kier alpha value is -2.87. The van der Waals surface area contributed by atoms with Gasteiger partial charge in [0, 0.05) is 43.3 Å². The van der Waals surface area contributed by atoms with Crippen LogP contribution in [0, 0.1) is 0 Å². The summed E-state index contributed by atoms with van der Waals surface area (Å²) in [5.74, 6) is -0.184. The minimum Gasteiger partial charge on any atom is -0.338 e. The average Bonchev–Trinajstić information content (AvgIpc) is 3.02. The minimum atomic E-state index is -0.504. The first-order chi connectivity index (χ1) is 12.1. The van der Waals surface area contributed by atoms with Gasteiger partial charge in [0.25, 0.3) is 0 Å². The molecule has 0 spiro atoms. The molecule has 1 aromatic heterocycles. The highest BCUT2D eigenvalue weighted by Gasteiger charge is 2.22. The molecule has 1 aromatic carbocycles. The van der Waals surface area contributed by atoms with Crippen molar-refractivity contribution in [2.45, 2.75) is 12.5 Å². The zero-order valence-electron chi connectivity index (χ0n) is 14.3. The first kappa shape index (κ1) is 17.0. The van der Waals surface area contributed by atoms with Crippen LogP contribution in [0.3, 0.4) is 0 Å². The Balaban J connectivity index is 1.74. The Bertz CT molecular complexity index is 772. The fourth-order valence-electron chi connectivity index (χ4n) is 2.88. The molecule has 0 radical (unpaired) electrons. The maximum absolute atomic E-state index is 12.6. The smallest absolute Gasteiger partial charge is 0.321 e. The van der Waals surface area contributed by atoms with Gasteiger partial charge in [-0.2, -0.15) is 5.10 Å². The van der Waals surface area contributed by atoms with Crippen molar-refractivity contribution in [2.75, 3.05) is 30.4 Å². The summed E-state index contributed by atoms with van der Waals surface area (Å²) in [6.07, 6.45) is 4.36. The molecule has 3 rings (SSSR count). The highest BCUT2D eigenvalue weighted by molar-refractivity contribution is 5.97. The summed E-state index contributed by atoms with van der Waals surface area (Å²) < 4.78 is 1.66. The summed E-state index contributed by atoms with van der Waals surface area (Å²) >= 11 is 0. The number of anilines is 2. The first-order valence-corrected chi connectivity index (χ1v) is 8.20. The van der Waals surface area contributed by atoms with Crippen molar-refractivity contribution in [3.8, 4) is 0 Å². The third kappa shape index (κ3) is 3.80. The van der Waals surface area contributed by atoms with Crippen LogP contribution in [0.25, 0.3) is 0 Å². The number of hydrogen-bond donors (Lipinski definition) is 3. The zero-order chi connectivity index (χ0) is 17.8. The predicted octanol–water partition coefficient (Wildman–Crippen LogP) is 1.24. The fourth-order valence-corrected chi connectivity index (χ4v) is 2.88. The van der Waals surface area contributed by atoms with Crippen molar-refractivity contribution in [2.24, 2.45) is 7.05 Å². The lowest BCUT2D eigenvalue weighted by Gasteiger charge is -2.27. The molecule has 25 heavy (non-hydrogen) atoms. The second kappa shape index (κ2) is 7.35. The van der Waals surface area contributed by atoms with E-state index in [1.165, 1.54) is 0 Å². The van der Waals surface area contributed by atoms with Gasteiger partial charge in [0.05, 0.1) is 6.20 Å². The second-order valence-corrected chi connectivity index (χ2v) is 5.95. The van der Waals surface area contributed by atoms with Crippen molar-refractivity contribution in [1.82, 2.24) is 20.4 Å². The summed E-state index contributed by atoms with van der Waals surface area (Å²) in [6.45, 7) is 1.36. The van der Waals surface area contributed by atoms with Crippen LogP contribution in [0.1, 0.15) is 18.0 Å². The molecule has 1 unspecified atom stereocenters. The maximum Gasteiger partial charge on any atom is 0.321 e. The molecule has 0 saturated carbocycles. The van der Waals surface area contributed by atoms with E-state index >= 15 is 0 Å². The van der Waals surface area contributed by atoms with Crippen molar-refractivity contribution in [3.05, 3.63) is 42.2 Å². The summed E-state index contributed by atoms with van der Waals surface area (Å²) in [7, 11) is 3.53. The number of carbonyl (C=O) groups excluding carboxylic acids is 2. The first-order valence-electron chi connectivity index (χ1n) is 8.20. The van der Waals surface area contributed by atoms with Gasteiger partial charge in [-0.05, 0) is 31.7 Å². The largest absolute Gasteiger partial charge is 0.338 e. The molecule has 1 atom stereocenters. The average molecular weight is 342 g/mol. The SMILES string of the molecule is CNC(C(=O)Nc1cccc(N2CCCNC2=O)c1)c1cnn(C)c1. The normalized spacial score (nSPS) is 15.6. The van der Waals surface area contributed by atoms with Crippen molar-refractivity contribution in [1.29, 1.82) is 0 Å². The topological polar surface area (TPSA) is 91.3 Å². The van der Waals surface area contributed by atoms with Crippen molar-refractivity contribution >= 4 is 23.3 Å². The van der Waals surface area contributed by atoms with Crippen LogP contribution in [-0.2, 0) is 11.8 Å². The number of urea groups is 1. The molecule has 132 valence electrons. The van der Waals surface area contributed by atoms with Crippen LogP contribution < -0.4 is 20.9 Å². The molecule has 1 aliphatic rings. The van der Waals surface area contributed by atoms with Crippen LogP contribution in [-0.4, -0.2) is 41.9 Å². The molecule has 0 aliphatic carbocycles. The second-order valence-electron chi connectivity index (χ2n) is 5.95. The molecule has 3 amide bonds. The highest BCUT2D eigenvalue weighted by Crippen LogP contribution is 2.22. The van der Waals surface area contributed by atoms with E-state index < -0.39 is 6.04 Å². The van der Waals surface area contributed by atoms with Crippen LogP contribution in [0.5, 0.6) is 0 Å². The van der Waals surface area contributed by atoms with E-state index in [1.54, 1.807) is 48.2 Å². The van der Waals surface area contributed by atoms with Crippen molar-refractivity contribution in [3.63, 3.8) is 0 Å². The fraction of sp³-hybridized carbons (Fsp3) is 0.353. The third-order valence-corrected chi connectivity index (χ3v) is 4.11. The van der Waals surface area contributed by atoms with Crippen molar-refractivity contribution < 1.29 is 9.59 Å². The summed E-state index contributed by atoms with van der Waals surface area (Å²) in [6, 6.07) is 6.68. The van der Waals surface area contributed by atoms with Gasteiger partial charge in [-0.3, -0.25) is 14.4 Å². The Kier molecular flexibility index (Phi) is 4.99. The Morgan fingerprint density at radius 1 is 1.40 bits per heavy atom. The van der Waals surface area contributed by atoms with Gasteiger partial charge in [0.1, 0.15) is 6.04 Å².